The third-order valence-corrected chi connectivity index (χ3v) is 5.27. The molecule has 0 saturated carbocycles. The molecule has 0 aliphatic heterocycles. The van der Waals surface area contributed by atoms with Crippen LogP contribution in [0.2, 0.25) is 0 Å². The van der Waals surface area contributed by atoms with Crippen molar-refractivity contribution in [3.05, 3.63) is 71.4 Å². The molecule has 1 heterocycles. The molecule has 0 saturated heterocycles. The van der Waals surface area contributed by atoms with Gasteiger partial charge in [-0.15, -0.1) is 0 Å². The number of rotatable bonds is 10. The number of para-hydroxylation sites is 1. The summed E-state index contributed by atoms with van der Waals surface area (Å²) in [6.07, 6.45) is 4.47. The number of nitrogens with two attached hydrogens (primary N) is 1. The summed E-state index contributed by atoms with van der Waals surface area (Å²) in [7, 11) is 0. The summed E-state index contributed by atoms with van der Waals surface area (Å²) >= 11 is 0. The van der Waals surface area contributed by atoms with Crippen molar-refractivity contribution in [1.29, 1.82) is 0 Å². The number of aromatic amines is 1. The molecule has 5 heteroatoms. The van der Waals surface area contributed by atoms with E-state index in [4.69, 9.17) is 5.73 Å². The van der Waals surface area contributed by atoms with Crippen LogP contribution in [-0.4, -0.2) is 28.6 Å². The van der Waals surface area contributed by atoms with Crippen molar-refractivity contribution in [2.75, 3.05) is 6.54 Å². The molecule has 3 aromatic rings. The van der Waals surface area contributed by atoms with E-state index in [1.165, 1.54) is 11.1 Å². The summed E-state index contributed by atoms with van der Waals surface area (Å²) in [6, 6.07) is 16.7. The first-order valence-electron chi connectivity index (χ1n) is 9.86. The number of carboxylic acids is 1. The fraction of sp³-hybridized carbons (Fsp3) is 0.348. The predicted octanol–water partition coefficient (Wildman–Crippen LogP) is 3.93. The number of aryl methyl sites for hydroxylation is 2. The summed E-state index contributed by atoms with van der Waals surface area (Å²) in [5.41, 5.74) is 10.8. The Morgan fingerprint density at radius 3 is 2.61 bits per heavy atom. The number of aromatic nitrogens is 1. The molecule has 1 unspecified atom stereocenters. The standard InChI is InChI=1S/C23H29N3O2/c1-16-6-8-17(9-7-16)10-11-18(14-24)26-22(12-13-23(27)28)20-15-25-21-5-3-2-4-19(20)21/h2-9,15,18,22,25-26H,10-14,24H2,1H3,(H,27,28)/t18?,22-/m0/s1. The number of H-pyrrole nitrogens is 1. The van der Waals surface area contributed by atoms with Gasteiger partial charge in [0.05, 0.1) is 0 Å². The highest BCUT2D eigenvalue weighted by molar-refractivity contribution is 5.83. The zero-order chi connectivity index (χ0) is 19.9. The summed E-state index contributed by atoms with van der Waals surface area (Å²) in [5.74, 6) is -0.782. The lowest BCUT2D eigenvalue weighted by Gasteiger charge is -2.25. The van der Waals surface area contributed by atoms with Gasteiger partial charge in [0.25, 0.3) is 0 Å². The molecule has 2 atom stereocenters. The predicted molar refractivity (Wildman–Crippen MR) is 113 cm³/mol. The van der Waals surface area contributed by atoms with Crippen LogP contribution in [0.1, 0.15) is 42.0 Å². The van der Waals surface area contributed by atoms with Gasteiger partial charge in [-0.25, -0.2) is 0 Å². The molecule has 5 nitrogen and oxygen atoms in total. The fourth-order valence-electron chi connectivity index (χ4n) is 3.63. The molecular weight excluding hydrogens is 350 g/mol. The average Bonchev–Trinajstić information content (AvgIpc) is 3.13. The number of aliphatic carboxylic acids is 1. The summed E-state index contributed by atoms with van der Waals surface area (Å²) < 4.78 is 0. The highest BCUT2D eigenvalue weighted by atomic mass is 16.4. The Morgan fingerprint density at radius 2 is 1.89 bits per heavy atom. The van der Waals surface area contributed by atoms with Gasteiger partial charge in [0.15, 0.2) is 0 Å². The second-order valence-electron chi connectivity index (χ2n) is 7.40. The van der Waals surface area contributed by atoms with E-state index in [2.05, 4.69) is 47.6 Å². The van der Waals surface area contributed by atoms with Crippen molar-refractivity contribution in [3.63, 3.8) is 0 Å². The molecule has 0 bridgehead atoms. The Balaban J connectivity index is 1.73. The number of carbonyl (C=O) groups is 1. The smallest absolute Gasteiger partial charge is 0.303 e. The highest BCUT2D eigenvalue weighted by Gasteiger charge is 2.20. The first kappa shape index (κ1) is 20.1. The van der Waals surface area contributed by atoms with Gasteiger partial charge >= 0.3 is 5.97 Å². The number of carboxylic acid groups (broad SMARTS) is 1. The molecule has 5 N–H and O–H groups in total. The molecule has 2 aromatic carbocycles. The van der Waals surface area contributed by atoms with Gasteiger partial charge in [-0.3, -0.25) is 4.79 Å². The Bertz CT molecular complexity index is 902. The molecule has 0 aliphatic carbocycles. The van der Waals surface area contributed by atoms with Crippen LogP contribution in [-0.2, 0) is 11.2 Å². The summed E-state index contributed by atoms with van der Waals surface area (Å²) in [5, 5.41) is 13.9. The normalized spacial score (nSPS) is 13.5. The van der Waals surface area contributed by atoms with Gasteiger partial charge in [-0.05, 0) is 43.4 Å². The monoisotopic (exact) mass is 379 g/mol. The van der Waals surface area contributed by atoms with Crippen LogP contribution < -0.4 is 11.1 Å². The zero-order valence-electron chi connectivity index (χ0n) is 16.3. The fourth-order valence-corrected chi connectivity index (χ4v) is 3.63. The third kappa shape index (κ3) is 5.21. The van der Waals surface area contributed by atoms with Crippen molar-refractivity contribution >= 4 is 16.9 Å². The van der Waals surface area contributed by atoms with Gasteiger partial charge < -0.3 is 21.1 Å². The van der Waals surface area contributed by atoms with Gasteiger partial charge in [0.1, 0.15) is 0 Å². The van der Waals surface area contributed by atoms with Crippen LogP contribution in [0.5, 0.6) is 0 Å². The first-order valence-corrected chi connectivity index (χ1v) is 9.86. The van der Waals surface area contributed by atoms with Crippen molar-refractivity contribution in [2.45, 2.75) is 44.7 Å². The quantitative estimate of drug-likeness (QED) is 0.429. The van der Waals surface area contributed by atoms with E-state index >= 15 is 0 Å². The van der Waals surface area contributed by atoms with Crippen LogP contribution in [0.25, 0.3) is 10.9 Å². The maximum absolute atomic E-state index is 11.2. The van der Waals surface area contributed by atoms with Crippen LogP contribution in [0, 0.1) is 6.92 Å². The third-order valence-electron chi connectivity index (χ3n) is 5.27. The van der Waals surface area contributed by atoms with E-state index in [1.54, 1.807) is 0 Å². The van der Waals surface area contributed by atoms with E-state index in [-0.39, 0.29) is 18.5 Å². The van der Waals surface area contributed by atoms with E-state index in [9.17, 15) is 9.90 Å². The molecule has 1 aromatic heterocycles. The molecule has 28 heavy (non-hydrogen) atoms. The van der Waals surface area contributed by atoms with Gasteiger partial charge in [0, 0.05) is 42.1 Å². The molecule has 148 valence electrons. The van der Waals surface area contributed by atoms with Crippen molar-refractivity contribution in [3.8, 4) is 0 Å². The molecule has 3 rings (SSSR count). The van der Waals surface area contributed by atoms with Crippen molar-refractivity contribution in [2.24, 2.45) is 5.73 Å². The van der Waals surface area contributed by atoms with Crippen LogP contribution in [0.15, 0.2) is 54.7 Å². The molecule has 0 aliphatic rings. The Kier molecular flexibility index (Phi) is 6.85. The zero-order valence-corrected chi connectivity index (χ0v) is 16.3. The number of hydrogen-bond donors (Lipinski definition) is 4. The van der Waals surface area contributed by atoms with E-state index < -0.39 is 5.97 Å². The lowest BCUT2D eigenvalue weighted by Crippen LogP contribution is -2.39. The second-order valence-corrected chi connectivity index (χ2v) is 7.40. The van der Waals surface area contributed by atoms with Crippen molar-refractivity contribution in [1.82, 2.24) is 10.3 Å². The number of hydrogen-bond acceptors (Lipinski definition) is 3. The summed E-state index contributed by atoms with van der Waals surface area (Å²) in [4.78, 5) is 14.5. The number of nitrogens with one attached hydrogen (secondary N) is 2. The van der Waals surface area contributed by atoms with Gasteiger partial charge in [-0.2, -0.15) is 0 Å². The maximum atomic E-state index is 11.2. The minimum absolute atomic E-state index is 0.0567. The Morgan fingerprint density at radius 1 is 1.14 bits per heavy atom. The molecular formula is C23H29N3O2. The average molecular weight is 380 g/mol. The summed E-state index contributed by atoms with van der Waals surface area (Å²) in [6.45, 7) is 2.60. The minimum Gasteiger partial charge on any atom is -0.481 e. The Labute approximate surface area is 166 Å². The lowest BCUT2D eigenvalue weighted by molar-refractivity contribution is -0.137. The van der Waals surface area contributed by atoms with Crippen LogP contribution in [0.3, 0.4) is 0 Å². The molecule has 0 fully saturated rings. The Hall–Kier alpha value is -2.63. The lowest BCUT2D eigenvalue weighted by atomic mass is 9.98. The highest BCUT2D eigenvalue weighted by Crippen LogP contribution is 2.28. The number of benzene rings is 2. The van der Waals surface area contributed by atoms with Crippen LogP contribution >= 0.6 is 0 Å². The van der Waals surface area contributed by atoms with E-state index in [0.717, 1.165) is 29.3 Å². The topological polar surface area (TPSA) is 91.1 Å². The van der Waals surface area contributed by atoms with Gasteiger partial charge in [0.2, 0.25) is 0 Å². The minimum atomic E-state index is -0.782. The van der Waals surface area contributed by atoms with Crippen molar-refractivity contribution < 1.29 is 9.90 Å². The second kappa shape index (κ2) is 9.53. The molecule has 0 spiro atoms. The molecule has 0 amide bonds. The number of fused-ring (bicyclic) bond motifs is 1. The molecule has 0 radical (unpaired) electrons. The van der Waals surface area contributed by atoms with E-state index in [1.807, 2.05) is 24.4 Å². The van der Waals surface area contributed by atoms with Crippen LogP contribution in [0.4, 0.5) is 0 Å². The maximum Gasteiger partial charge on any atom is 0.303 e. The largest absolute Gasteiger partial charge is 0.481 e. The first-order chi connectivity index (χ1) is 13.6. The SMILES string of the molecule is Cc1ccc(CCC(CN)N[C@@H](CCC(=O)O)c2c[nH]c3ccccc23)cc1. The van der Waals surface area contributed by atoms with Gasteiger partial charge in [-0.1, -0.05) is 48.0 Å². The van der Waals surface area contributed by atoms with E-state index in [0.29, 0.717) is 13.0 Å².